The maximum Gasteiger partial charge on any atom is 0.388 e. The number of rotatable bonds is 2. The highest BCUT2D eigenvalue weighted by atomic mass is 16.4. The molecule has 0 atom stereocenters. The second-order valence-corrected chi connectivity index (χ2v) is 2.05. The molecule has 12 heavy (non-hydrogen) atoms. The minimum absolute atomic E-state index is 0.280. The van der Waals surface area contributed by atoms with Crippen LogP contribution in [0.4, 0.5) is 0 Å². The Kier molecular flexibility index (Phi) is 2.05. The largest absolute Gasteiger partial charge is 0.388 e. The van der Waals surface area contributed by atoms with Crippen molar-refractivity contribution in [1.82, 2.24) is 4.98 Å². The molecule has 0 aliphatic heterocycles. The number of hydrogen-bond donors (Lipinski definition) is 1. The molecular formula is C7H5N2O3. The Morgan fingerprint density at radius 3 is 2.50 bits per heavy atom. The van der Waals surface area contributed by atoms with Gasteiger partial charge in [0.1, 0.15) is 5.69 Å². The molecule has 0 saturated carbocycles. The van der Waals surface area contributed by atoms with Crippen LogP contribution in [0.3, 0.4) is 0 Å². The van der Waals surface area contributed by atoms with Gasteiger partial charge in [0, 0.05) is 6.20 Å². The van der Waals surface area contributed by atoms with Crippen LogP contribution in [-0.4, -0.2) is 16.9 Å². The van der Waals surface area contributed by atoms with Crippen molar-refractivity contribution in [3.05, 3.63) is 29.6 Å². The van der Waals surface area contributed by atoms with Gasteiger partial charge in [-0.25, -0.2) is 9.90 Å². The number of hydrogen-bond acceptors (Lipinski definition) is 3. The lowest BCUT2D eigenvalue weighted by Crippen LogP contribution is -2.17. The third-order valence-electron chi connectivity index (χ3n) is 1.26. The topological polar surface area (TPSA) is 92.9 Å². The predicted molar refractivity (Wildman–Crippen MR) is 37.8 cm³/mol. The molecule has 1 aromatic heterocycles. The van der Waals surface area contributed by atoms with E-state index in [1.165, 1.54) is 18.3 Å². The van der Waals surface area contributed by atoms with Crippen molar-refractivity contribution in [2.75, 3.05) is 0 Å². The maximum atomic E-state index is 10.6. The quantitative estimate of drug-likeness (QED) is 0.654. The monoisotopic (exact) mass is 165 g/mol. The van der Waals surface area contributed by atoms with Crippen LogP contribution < -0.4 is 5.73 Å². The van der Waals surface area contributed by atoms with Crippen LogP contribution in [0.2, 0.25) is 0 Å². The van der Waals surface area contributed by atoms with Crippen molar-refractivity contribution in [2.24, 2.45) is 5.73 Å². The molecule has 0 bridgehead atoms. The first-order valence-electron chi connectivity index (χ1n) is 3.09. The summed E-state index contributed by atoms with van der Waals surface area (Å²) in [6.45, 7) is 0. The summed E-state index contributed by atoms with van der Waals surface area (Å²) in [5.74, 6) is -2.34. The lowest BCUT2D eigenvalue weighted by atomic mass is 10.2. The summed E-state index contributed by atoms with van der Waals surface area (Å²) in [6.07, 6.45) is 1.28. The normalized spacial score (nSPS) is 9.33. The zero-order chi connectivity index (χ0) is 9.14. The molecule has 0 fully saturated rings. The standard InChI is InChI=1S/C7H5N2O3/c8-6(10)5-4(7(11)12)2-1-3-9-5/h1-3H,(H2,8,10). The third kappa shape index (κ3) is 1.39. The molecule has 5 nitrogen and oxygen atoms in total. The van der Waals surface area contributed by atoms with Gasteiger partial charge >= 0.3 is 5.97 Å². The zero-order valence-corrected chi connectivity index (χ0v) is 5.98. The summed E-state index contributed by atoms with van der Waals surface area (Å²) in [4.78, 5) is 24.5. The molecule has 0 aromatic carbocycles. The summed E-state index contributed by atoms with van der Waals surface area (Å²) >= 11 is 0. The average Bonchev–Trinajstić information content (AvgIpc) is 2.04. The molecule has 5 heteroatoms. The number of carbonyl (C=O) groups is 2. The second-order valence-electron chi connectivity index (χ2n) is 2.05. The summed E-state index contributed by atoms with van der Waals surface area (Å²) in [6, 6.07) is 2.60. The van der Waals surface area contributed by atoms with Crippen LogP contribution in [0.15, 0.2) is 18.3 Å². The van der Waals surface area contributed by atoms with Crippen molar-refractivity contribution in [2.45, 2.75) is 0 Å². The van der Waals surface area contributed by atoms with Crippen LogP contribution in [0.1, 0.15) is 20.8 Å². The molecule has 0 aliphatic carbocycles. The zero-order valence-electron chi connectivity index (χ0n) is 5.98. The molecule has 0 unspecified atom stereocenters. The fourth-order valence-corrected chi connectivity index (χ4v) is 0.766. The Morgan fingerprint density at radius 2 is 2.08 bits per heavy atom. The first-order chi connectivity index (χ1) is 5.63. The predicted octanol–water partition coefficient (Wildman–Crippen LogP) is -0.249. The Hall–Kier alpha value is -1.91. The molecule has 0 spiro atoms. The van der Waals surface area contributed by atoms with E-state index in [4.69, 9.17) is 5.73 Å². The molecule has 2 N–H and O–H groups in total. The van der Waals surface area contributed by atoms with Crippen molar-refractivity contribution in [3.8, 4) is 0 Å². The fraction of sp³-hybridized carbons (Fsp3) is 0. The van der Waals surface area contributed by atoms with Gasteiger partial charge in [0.05, 0.1) is 5.56 Å². The number of aromatic nitrogens is 1. The van der Waals surface area contributed by atoms with Crippen molar-refractivity contribution < 1.29 is 14.7 Å². The van der Waals surface area contributed by atoms with Crippen LogP contribution in [0.5, 0.6) is 0 Å². The van der Waals surface area contributed by atoms with Crippen LogP contribution in [-0.2, 0) is 5.11 Å². The fourth-order valence-electron chi connectivity index (χ4n) is 0.766. The molecule has 0 aliphatic rings. The van der Waals surface area contributed by atoms with Crippen molar-refractivity contribution in [3.63, 3.8) is 0 Å². The van der Waals surface area contributed by atoms with E-state index in [2.05, 4.69) is 4.98 Å². The molecular weight excluding hydrogens is 160 g/mol. The number of pyridine rings is 1. The van der Waals surface area contributed by atoms with E-state index >= 15 is 0 Å². The van der Waals surface area contributed by atoms with Gasteiger partial charge < -0.3 is 5.73 Å². The summed E-state index contributed by atoms with van der Waals surface area (Å²) in [5.41, 5.74) is 4.29. The van der Waals surface area contributed by atoms with E-state index in [0.29, 0.717) is 0 Å². The Morgan fingerprint density at radius 1 is 1.42 bits per heavy atom. The minimum Gasteiger partial charge on any atom is -0.364 e. The van der Waals surface area contributed by atoms with E-state index in [1.807, 2.05) is 0 Å². The van der Waals surface area contributed by atoms with E-state index in [1.54, 1.807) is 0 Å². The van der Waals surface area contributed by atoms with Crippen LogP contribution >= 0.6 is 0 Å². The Labute approximate surface area is 67.8 Å². The molecule has 1 heterocycles. The van der Waals surface area contributed by atoms with E-state index in [-0.39, 0.29) is 11.3 Å². The number of nitrogens with zero attached hydrogens (tertiary/aromatic N) is 1. The Balaban J connectivity index is 3.27. The van der Waals surface area contributed by atoms with Gasteiger partial charge in [0.2, 0.25) is 0 Å². The van der Waals surface area contributed by atoms with Gasteiger partial charge in [-0.05, 0) is 12.1 Å². The molecule has 61 valence electrons. The van der Waals surface area contributed by atoms with Crippen LogP contribution in [0.25, 0.3) is 0 Å². The van der Waals surface area contributed by atoms with E-state index in [9.17, 15) is 14.7 Å². The molecule has 1 rings (SSSR count). The van der Waals surface area contributed by atoms with Gasteiger partial charge in [-0.1, -0.05) is 0 Å². The van der Waals surface area contributed by atoms with Crippen LogP contribution in [0, 0.1) is 0 Å². The first-order valence-corrected chi connectivity index (χ1v) is 3.09. The molecule has 1 aromatic rings. The van der Waals surface area contributed by atoms with Gasteiger partial charge in [0.15, 0.2) is 0 Å². The highest BCUT2D eigenvalue weighted by Gasteiger charge is 2.15. The molecule has 0 saturated heterocycles. The van der Waals surface area contributed by atoms with Crippen molar-refractivity contribution >= 4 is 11.9 Å². The molecule has 1 radical (unpaired) electrons. The molecule has 1 amide bonds. The SMILES string of the molecule is NC(=O)c1ncccc1C([O])=O. The highest BCUT2D eigenvalue weighted by molar-refractivity contribution is 6.02. The average molecular weight is 165 g/mol. The van der Waals surface area contributed by atoms with Gasteiger partial charge in [-0.2, -0.15) is 0 Å². The van der Waals surface area contributed by atoms with Gasteiger partial charge in [-0.15, -0.1) is 0 Å². The smallest absolute Gasteiger partial charge is 0.364 e. The van der Waals surface area contributed by atoms with E-state index < -0.39 is 11.9 Å². The number of carbonyl (C=O) groups excluding carboxylic acids is 2. The Bertz CT molecular complexity index is 302. The first kappa shape index (κ1) is 8.19. The minimum atomic E-state index is -1.46. The lowest BCUT2D eigenvalue weighted by molar-refractivity contribution is 0.0568. The van der Waals surface area contributed by atoms with Gasteiger partial charge in [-0.3, -0.25) is 9.78 Å². The summed E-state index contributed by atoms with van der Waals surface area (Å²) in [5, 5.41) is 10.4. The van der Waals surface area contributed by atoms with Gasteiger partial charge in [0.25, 0.3) is 5.91 Å². The second kappa shape index (κ2) is 3.00. The lowest BCUT2D eigenvalue weighted by Gasteiger charge is -1.96. The number of primary amides is 1. The summed E-state index contributed by atoms with van der Waals surface area (Å²) < 4.78 is 0. The summed E-state index contributed by atoms with van der Waals surface area (Å²) in [7, 11) is 0. The van der Waals surface area contributed by atoms with E-state index in [0.717, 1.165) is 0 Å². The van der Waals surface area contributed by atoms with Crippen molar-refractivity contribution in [1.29, 1.82) is 0 Å². The highest BCUT2D eigenvalue weighted by Crippen LogP contribution is 2.03. The maximum absolute atomic E-state index is 10.6. The third-order valence-corrected chi connectivity index (χ3v) is 1.26. The number of amides is 1. The number of nitrogens with two attached hydrogens (primary N) is 1.